The highest BCUT2D eigenvalue weighted by Crippen LogP contribution is 2.34. The van der Waals surface area contributed by atoms with Gasteiger partial charge in [0, 0.05) is 76.6 Å². The quantitative estimate of drug-likeness (QED) is 0.0456. The summed E-state index contributed by atoms with van der Waals surface area (Å²) in [5, 5.41) is 14.2. The van der Waals surface area contributed by atoms with Gasteiger partial charge in [0.1, 0.15) is 12.4 Å². The number of methoxy groups -OCH3 is 1. The summed E-state index contributed by atoms with van der Waals surface area (Å²) in [6, 6.07) is 0. The summed E-state index contributed by atoms with van der Waals surface area (Å²) in [6.07, 6.45) is 1.15. The maximum atomic E-state index is 12.5. The van der Waals surface area contributed by atoms with E-state index < -0.39 is 18.4 Å². The van der Waals surface area contributed by atoms with Crippen LogP contribution in [0, 0.1) is 0 Å². The number of nitrogens with one attached hydrogen (secondary N) is 2. The largest absolute Gasteiger partial charge is 0.460 e. The van der Waals surface area contributed by atoms with Crippen LogP contribution >= 0.6 is 11.8 Å². The number of ketones is 1. The number of thioether (sulfide) groups is 1. The van der Waals surface area contributed by atoms with E-state index in [9.17, 15) is 33.9 Å². The Labute approximate surface area is 294 Å². The molecular formula is C33H57N3O12S. The van der Waals surface area contributed by atoms with Gasteiger partial charge in [-0.1, -0.05) is 27.7 Å². The monoisotopic (exact) mass is 719 g/mol. The fourth-order valence-electron chi connectivity index (χ4n) is 4.48. The molecule has 1 heterocycles. The van der Waals surface area contributed by atoms with E-state index in [-0.39, 0.29) is 111 Å². The first-order chi connectivity index (χ1) is 23.3. The molecule has 282 valence electrons. The van der Waals surface area contributed by atoms with Gasteiger partial charge in [-0.15, -0.1) is 11.8 Å². The summed E-state index contributed by atoms with van der Waals surface area (Å²) in [7, 11) is 1.41. The highest BCUT2D eigenvalue weighted by atomic mass is 32.2. The smallest absolute Gasteiger partial charge is 0.305 e. The summed E-state index contributed by atoms with van der Waals surface area (Å²) in [6.45, 7) is 9.37. The van der Waals surface area contributed by atoms with E-state index in [1.54, 1.807) is 0 Å². The number of ether oxygens (including phenoxy) is 5. The summed E-state index contributed by atoms with van der Waals surface area (Å²) >= 11 is 1.48. The van der Waals surface area contributed by atoms with Crippen molar-refractivity contribution in [1.82, 2.24) is 15.5 Å². The maximum Gasteiger partial charge on any atom is 0.305 e. The van der Waals surface area contributed by atoms with Crippen LogP contribution in [0.25, 0.3) is 0 Å². The number of rotatable bonds is 28. The molecule has 1 fully saturated rings. The number of amides is 4. The molecular weight excluding hydrogens is 662 g/mol. The van der Waals surface area contributed by atoms with Gasteiger partial charge in [0.2, 0.25) is 23.6 Å². The standard InChI is InChI=1S/C33H57N3O12S/c1-6-25(22-37)48-31(44-5)23-47-30(42)11-7-10-27(39)34-14-15-35-28(40)13-18-46-20-19-45-17-8-9-24(38)12-16-36-29(41)21-26(32(36)43)49-33(2,3)4/h25-26,31,37H,6-23H2,1-5H3,(H,34,39)(H,35,40). The summed E-state index contributed by atoms with van der Waals surface area (Å²) in [4.78, 5) is 74.0. The fraction of sp³-hybridized carbons (Fsp3) is 0.818. The van der Waals surface area contributed by atoms with E-state index in [1.165, 1.54) is 23.8 Å². The van der Waals surface area contributed by atoms with Crippen LogP contribution in [0.4, 0.5) is 0 Å². The molecule has 16 heteroatoms. The molecule has 3 atom stereocenters. The van der Waals surface area contributed by atoms with Crippen LogP contribution in [0.15, 0.2) is 0 Å². The SMILES string of the molecule is CCC(CO)OC(COC(=O)CCCC(=O)NCCNC(=O)CCOCCOCCCC(=O)CCN1C(=O)CC(SC(C)(C)C)C1=O)OC. The van der Waals surface area contributed by atoms with E-state index in [4.69, 9.17) is 23.7 Å². The molecule has 1 aliphatic rings. The number of hydrogen-bond donors (Lipinski definition) is 3. The first kappa shape index (κ1) is 44.4. The van der Waals surface area contributed by atoms with Gasteiger partial charge in [-0.25, -0.2) is 0 Å². The van der Waals surface area contributed by atoms with Crippen LogP contribution in [0.1, 0.15) is 85.5 Å². The van der Waals surface area contributed by atoms with Crippen molar-refractivity contribution in [2.24, 2.45) is 0 Å². The number of nitrogens with zero attached hydrogens (tertiary/aromatic N) is 1. The first-order valence-electron chi connectivity index (χ1n) is 17.0. The van der Waals surface area contributed by atoms with Crippen LogP contribution in [0.2, 0.25) is 0 Å². The normalized spacial score (nSPS) is 16.0. The molecule has 49 heavy (non-hydrogen) atoms. The molecule has 0 saturated carbocycles. The average Bonchev–Trinajstić information content (AvgIpc) is 3.30. The molecule has 1 rings (SSSR count). The van der Waals surface area contributed by atoms with E-state index in [0.717, 1.165) is 0 Å². The number of esters is 1. The first-order valence-corrected chi connectivity index (χ1v) is 17.8. The Kier molecular flexibility index (Phi) is 23.0. The van der Waals surface area contributed by atoms with Gasteiger partial charge in [0.05, 0.1) is 37.8 Å². The number of aliphatic hydroxyl groups is 1. The van der Waals surface area contributed by atoms with Gasteiger partial charge < -0.3 is 39.4 Å². The second kappa shape index (κ2) is 25.3. The minimum atomic E-state index is -0.783. The molecule has 3 N–H and O–H groups in total. The lowest BCUT2D eigenvalue weighted by Crippen LogP contribution is -2.35. The van der Waals surface area contributed by atoms with E-state index in [2.05, 4.69) is 10.6 Å². The van der Waals surface area contributed by atoms with Crippen LogP contribution in [0.5, 0.6) is 0 Å². The molecule has 0 aliphatic carbocycles. The highest BCUT2D eigenvalue weighted by Gasteiger charge is 2.40. The molecule has 0 spiro atoms. The summed E-state index contributed by atoms with van der Waals surface area (Å²) in [5.41, 5.74) is 0. The zero-order valence-electron chi connectivity index (χ0n) is 29.8. The molecule has 15 nitrogen and oxygen atoms in total. The lowest BCUT2D eigenvalue weighted by Gasteiger charge is -2.21. The van der Waals surface area contributed by atoms with Gasteiger partial charge >= 0.3 is 5.97 Å². The van der Waals surface area contributed by atoms with Crippen LogP contribution in [-0.4, -0.2) is 134 Å². The third-order valence-electron chi connectivity index (χ3n) is 7.10. The molecule has 0 aromatic rings. The summed E-state index contributed by atoms with van der Waals surface area (Å²) in [5.74, 6) is -1.42. The Morgan fingerprint density at radius 2 is 1.57 bits per heavy atom. The van der Waals surface area contributed by atoms with Crippen molar-refractivity contribution in [2.45, 2.75) is 108 Å². The average molecular weight is 720 g/mol. The molecule has 0 aromatic carbocycles. The number of imide groups is 1. The maximum absolute atomic E-state index is 12.5. The predicted octanol–water partition coefficient (Wildman–Crippen LogP) is 1.51. The number of Topliss-reactive ketones (excluding diaryl/α,β-unsaturated/α-hetero) is 1. The van der Waals surface area contributed by atoms with Crippen molar-refractivity contribution in [3.8, 4) is 0 Å². The van der Waals surface area contributed by atoms with Crippen molar-refractivity contribution in [3.63, 3.8) is 0 Å². The van der Waals surface area contributed by atoms with Crippen molar-refractivity contribution in [1.29, 1.82) is 0 Å². The van der Waals surface area contributed by atoms with Gasteiger partial charge in [0.25, 0.3) is 0 Å². The molecule has 1 aliphatic heterocycles. The molecule has 1 saturated heterocycles. The molecule has 0 radical (unpaired) electrons. The van der Waals surface area contributed by atoms with E-state index in [0.29, 0.717) is 45.5 Å². The molecule has 4 amide bonds. The number of carbonyl (C=O) groups excluding carboxylic acids is 6. The minimum absolute atomic E-state index is 0.0277. The molecule has 0 bridgehead atoms. The fourth-order valence-corrected chi connectivity index (χ4v) is 5.79. The third kappa shape index (κ3) is 21.3. The zero-order chi connectivity index (χ0) is 36.7. The van der Waals surface area contributed by atoms with Gasteiger partial charge in [-0.05, 0) is 19.3 Å². The Balaban J connectivity index is 1.98. The second-order valence-corrected chi connectivity index (χ2v) is 14.5. The third-order valence-corrected chi connectivity index (χ3v) is 8.46. The number of aliphatic hydroxyl groups excluding tert-OH is 1. The Morgan fingerprint density at radius 1 is 0.918 bits per heavy atom. The van der Waals surface area contributed by atoms with Crippen molar-refractivity contribution < 1.29 is 57.6 Å². The lowest BCUT2D eigenvalue weighted by molar-refractivity contribution is -0.194. The molecule has 3 unspecified atom stereocenters. The number of carbonyl (C=O) groups is 6. The number of hydrogen-bond acceptors (Lipinski definition) is 13. The second-order valence-electron chi connectivity index (χ2n) is 12.4. The van der Waals surface area contributed by atoms with Gasteiger partial charge in [-0.3, -0.25) is 33.7 Å². The van der Waals surface area contributed by atoms with Gasteiger partial charge in [-0.2, -0.15) is 0 Å². The topological polar surface area (TPSA) is 196 Å². The van der Waals surface area contributed by atoms with Crippen molar-refractivity contribution in [3.05, 3.63) is 0 Å². The van der Waals surface area contributed by atoms with Gasteiger partial charge in [0.15, 0.2) is 6.29 Å². The lowest BCUT2D eigenvalue weighted by atomic mass is 10.1. The molecule has 0 aromatic heterocycles. The highest BCUT2D eigenvalue weighted by molar-refractivity contribution is 8.01. The Hall–Kier alpha value is -2.63. The zero-order valence-corrected chi connectivity index (χ0v) is 30.6. The Bertz CT molecular complexity index is 1030. The van der Waals surface area contributed by atoms with E-state index in [1.807, 2.05) is 27.7 Å². The van der Waals surface area contributed by atoms with E-state index >= 15 is 0 Å². The predicted molar refractivity (Wildman–Crippen MR) is 181 cm³/mol. The van der Waals surface area contributed by atoms with Crippen molar-refractivity contribution >= 4 is 47.1 Å². The van der Waals surface area contributed by atoms with Crippen LogP contribution in [0.3, 0.4) is 0 Å². The minimum Gasteiger partial charge on any atom is -0.460 e. The van der Waals surface area contributed by atoms with Crippen LogP contribution < -0.4 is 10.6 Å². The number of likely N-dealkylation sites (tertiary alicyclic amines) is 1. The Morgan fingerprint density at radius 3 is 2.18 bits per heavy atom. The van der Waals surface area contributed by atoms with Crippen molar-refractivity contribution in [2.75, 3.05) is 66.4 Å². The summed E-state index contributed by atoms with van der Waals surface area (Å²) < 4.78 is 26.4. The van der Waals surface area contributed by atoms with Crippen LogP contribution in [-0.2, 0) is 52.5 Å².